The molecule has 3 rings (SSSR count). The number of ether oxygens (including phenoxy) is 1. The maximum atomic E-state index is 12.5. The number of likely N-dealkylation sites (N-methyl/N-ethyl adjacent to an activating group) is 1. The molecule has 2 aromatic rings. The van der Waals surface area contributed by atoms with E-state index in [2.05, 4.69) is 4.99 Å². The molecule has 1 fully saturated rings. The monoisotopic (exact) mass is 426 g/mol. The Morgan fingerprint density at radius 3 is 2.37 bits per heavy atom. The number of aromatic carboxylic acids is 1. The summed E-state index contributed by atoms with van der Waals surface area (Å²) in [7, 11) is 1.63. The lowest BCUT2D eigenvalue weighted by Gasteiger charge is -2.07. The minimum absolute atomic E-state index is 0.0789. The molecule has 1 saturated heterocycles. The zero-order valence-electron chi connectivity index (χ0n) is 15.9. The van der Waals surface area contributed by atoms with Gasteiger partial charge in [0.15, 0.2) is 5.17 Å². The summed E-state index contributed by atoms with van der Waals surface area (Å²) in [4.78, 5) is 40.3. The zero-order valence-corrected chi connectivity index (χ0v) is 16.8. The molecule has 0 spiro atoms. The highest BCUT2D eigenvalue weighted by Gasteiger charge is 2.30. The van der Waals surface area contributed by atoms with Crippen LogP contribution in [0.4, 0.5) is 5.69 Å². The number of amidine groups is 1. The van der Waals surface area contributed by atoms with Crippen molar-refractivity contribution in [3.8, 4) is 5.75 Å². The van der Waals surface area contributed by atoms with Crippen LogP contribution in [0.3, 0.4) is 0 Å². The van der Waals surface area contributed by atoms with Crippen molar-refractivity contribution in [2.45, 2.75) is 6.42 Å². The fourth-order valence-electron chi connectivity index (χ4n) is 2.51. The van der Waals surface area contributed by atoms with Gasteiger partial charge in [0, 0.05) is 7.05 Å². The Hall–Kier alpha value is -3.59. The number of rotatable bonds is 7. The van der Waals surface area contributed by atoms with Gasteiger partial charge >= 0.3 is 11.9 Å². The predicted octanol–water partition coefficient (Wildman–Crippen LogP) is 3.47. The number of carbonyl (C=O) groups is 3. The fraction of sp³-hybridized carbons (Fsp3) is 0.143. The van der Waals surface area contributed by atoms with Gasteiger partial charge in [-0.15, -0.1) is 0 Å². The smallest absolute Gasteiger partial charge is 0.335 e. The number of amides is 1. The zero-order chi connectivity index (χ0) is 21.7. The highest BCUT2D eigenvalue weighted by molar-refractivity contribution is 8.18. The molecule has 1 amide bonds. The number of thioether (sulfide) groups is 1. The highest BCUT2D eigenvalue weighted by atomic mass is 32.2. The molecule has 30 heavy (non-hydrogen) atoms. The van der Waals surface area contributed by atoms with Crippen molar-refractivity contribution in [2.75, 3.05) is 13.7 Å². The summed E-state index contributed by atoms with van der Waals surface area (Å²) >= 11 is 1.22. The van der Waals surface area contributed by atoms with Crippen molar-refractivity contribution in [1.29, 1.82) is 0 Å². The van der Waals surface area contributed by atoms with E-state index in [1.807, 2.05) is 0 Å². The molecule has 0 saturated carbocycles. The molecular formula is C21H18N2O6S. The summed E-state index contributed by atoms with van der Waals surface area (Å²) in [5.74, 6) is -1.58. The Morgan fingerprint density at radius 1 is 1.10 bits per heavy atom. The maximum Gasteiger partial charge on any atom is 0.335 e. The second kappa shape index (κ2) is 9.27. The van der Waals surface area contributed by atoms with Crippen LogP contribution < -0.4 is 4.74 Å². The molecule has 1 aliphatic heterocycles. The van der Waals surface area contributed by atoms with Crippen LogP contribution in [0.25, 0.3) is 6.08 Å². The average Bonchev–Trinajstić information content (AvgIpc) is 2.97. The second-order valence-corrected chi connectivity index (χ2v) is 7.29. The molecule has 154 valence electrons. The van der Waals surface area contributed by atoms with Gasteiger partial charge in [-0.25, -0.2) is 9.79 Å². The standard InChI is InChI=1S/C21H18N2O6S/c1-23-19(26)17(12-13-2-8-16(9-3-13)29-11-10-18(24)25)30-21(23)22-15-6-4-14(5-7-15)20(27)28/h2-9,12H,10-11H2,1H3,(H,24,25)(H,27,28)/b17-12-,22-21?. The van der Waals surface area contributed by atoms with Crippen LogP contribution >= 0.6 is 11.8 Å². The molecule has 1 heterocycles. The summed E-state index contributed by atoms with van der Waals surface area (Å²) in [6.07, 6.45) is 1.66. The molecule has 0 bridgehead atoms. The van der Waals surface area contributed by atoms with Crippen LogP contribution in [0.5, 0.6) is 5.75 Å². The SMILES string of the molecule is CN1C(=O)/C(=C/c2ccc(OCCC(=O)O)cc2)SC1=Nc1ccc(C(=O)O)cc1. The molecule has 0 aromatic heterocycles. The number of aliphatic carboxylic acids is 1. The minimum atomic E-state index is -1.01. The third-order valence-corrected chi connectivity index (χ3v) is 5.17. The number of hydrogen-bond donors (Lipinski definition) is 2. The third kappa shape index (κ3) is 5.26. The van der Waals surface area contributed by atoms with Crippen molar-refractivity contribution in [3.63, 3.8) is 0 Å². The van der Waals surface area contributed by atoms with Gasteiger partial charge in [-0.1, -0.05) is 12.1 Å². The van der Waals surface area contributed by atoms with E-state index in [9.17, 15) is 14.4 Å². The van der Waals surface area contributed by atoms with Gasteiger partial charge in [0.25, 0.3) is 5.91 Å². The second-order valence-electron chi connectivity index (χ2n) is 6.28. The number of carboxylic acids is 2. The Bertz CT molecular complexity index is 1030. The first-order valence-corrected chi connectivity index (χ1v) is 9.69. The third-order valence-electron chi connectivity index (χ3n) is 4.11. The summed E-state index contributed by atoms with van der Waals surface area (Å²) < 4.78 is 5.35. The largest absolute Gasteiger partial charge is 0.493 e. The number of hydrogen-bond acceptors (Lipinski definition) is 6. The van der Waals surface area contributed by atoms with E-state index in [-0.39, 0.29) is 24.5 Å². The quantitative estimate of drug-likeness (QED) is 0.651. The topological polar surface area (TPSA) is 117 Å². The molecule has 0 aliphatic carbocycles. The highest BCUT2D eigenvalue weighted by Crippen LogP contribution is 2.33. The molecule has 2 N–H and O–H groups in total. The molecule has 9 heteroatoms. The van der Waals surface area contributed by atoms with Crippen LogP contribution in [0.2, 0.25) is 0 Å². The van der Waals surface area contributed by atoms with Gasteiger partial charge in [-0.05, 0) is 59.8 Å². The molecule has 0 radical (unpaired) electrons. The first-order chi connectivity index (χ1) is 14.3. The molecule has 2 aromatic carbocycles. The van der Waals surface area contributed by atoms with E-state index in [0.29, 0.717) is 21.5 Å². The van der Waals surface area contributed by atoms with E-state index in [4.69, 9.17) is 14.9 Å². The predicted molar refractivity (Wildman–Crippen MR) is 113 cm³/mol. The Labute approximate surface area is 176 Å². The van der Waals surface area contributed by atoms with Gasteiger partial charge in [0.05, 0.1) is 29.2 Å². The maximum absolute atomic E-state index is 12.5. The van der Waals surface area contributed by atoms with E-state index in [0.717, 1.165) is 5.56 Å². The van der Waals surface area contributed by atoms with E-state index < -0.39 is 11.9 Å². The van der Waals surface area contributed by atoms with Crippen molar-refractivity contribution in [2.24, 2.45) is 4.99 Å². The average molecular weight is 426 g/mol. The van der Waals surface area contributed by atoms with Crippen LogP contribution in [-0.4, -0.2) is 51.8 Å². The Kier molecular flexibility index (Phi) is 6.53. The van der Waals surface area contributed by atoms with Crippen LogP contribution in [0.15, 0.2) is 58.4 Å². The van der Waals surface area contributed by atoms with Crippen LogP contribution in [0, 0.1) is 0 Å². The van der Waals surface area contributed by atoms with Crippen molar-refractivity contribution < 1.29 is 29.3 Å². The molecular weight excluding hydrogens is 408 g/mol. The lowest BCUT2D eigenvalue weighted by Crippen LogP contribution is -2.23. The van der Waals surface area contributed by atoms with Crippen molar-refractivity contribution >= 4 is 46.5 Å². The van der Waals surface area contributed by atoms with E-state index in [1.165, 1.54) is 28.8 Å². The molecule has 0 atom stereocenters. The first kappa shape index (κ1) is 21.1. The van der Waals surface area contributed by atoms with Gasteiger partial charge in [-0.2, -0.15) is 0 Å². The first-order valence-electron chi connectivity index (χ1n) is 8.88. The number of carbonyl (C=O) groups excluding carboxylic acids is 1. The number of nitrogens with zero attached hydrogens (tertiary/aromatic N) is 2. The van der Waals surface area contributed by atoms with Gasteiger partial charge in [0.2, 0.25) is 0 Å². The van der Waals surface area contributed by atoms with E-state index >= 15 is 0 Å². The summed E-state index contributed by atoms with van der Waals surface area (Å²) in [5.41, 5.74) is 1.50. The lowest BCUT2D eigenvalue weighted by molar-refractivity contribution is -0.137. The molecule has 1 aliphatic rings. The van der Waals surface area contributed by atoms with E-state index in [1.54, 1.807) is 49.5 Å². The molecule has 8 nitrogen and oxygen atoms in total. The number of benzene rings is 2. The number of aliphatic imine (C=N–C) groups is 1. The Balaban J connectivity index is 1.71. The van der Waals surface area contributed by atoms with Gasteiger partial charge in [0.1, 0.15) is 5.75 Å². The molecule has 0 unspecified atom stereocenters. The van der Waals surface area contributed by atoms with Gasteiger partial charge < -0.3 is 14.9 Å². The summed E-state index contributed by atoms with van der Waals surface area (Å²) in [6.45, 7) is 0.0855. The fourth-order valence-corrected chi connectivity index (χ4v) is 3.50. The summed E-state index contributed by atoms with van der Waals surface area (Å²) in [5, 5.41) is 18.1. The number of carboxylic acid groups (broad SMARTS) is 2. The minimum Gasteiger partial charge on any atom is -0.493 e. The van der Waals surface area contributed by atoms with Crippen molar-refractivity contribution in [3.05, 3.63) is 64.6 Å². The normalized spacial score (nSPS) is 16.3. The van der Waals surface area contributed by atoms with Crippen LogP contribution in [-0.2, 0) is 9.59 Å². The van der Waals surface area contributed by atoms with Crippen LogP contribution in [0.1, 0.15) is 22.3 Å². The van der Waals surface area contributed by atoms with Crippen molar-refractivity contribution in [1.82, 2.24) is 4.90 Å². The summed E-state index contributed by atoms with van der Waals surface area (Å²) in [6, 6.07) is 13.1. The van der Waals surface area contributed by atoms with Gasteiger partial charge in [-0.3, -0.25) is 14.5 Å². The Morgan fingerprint density at radius 2 is 1.77 bits per heavy atom. The lowest BCUT2D eigenvalue weighted by atomic mass is 10.2.